The van der Waals surface area contributed by atoms with Crippen molar-refractivity contribution in [3.63, 3.8) is 0 Å². The Bertz CT molecular complexity index is 458. The second-order valence-corrected chi connectivity index (χ2v) is 5.18. The molecule has 0 aliphatic carbocycles. The minimum Gasteiger partial charge on any atom is -0.485 e. The molecule has 1 atom stereocenters. The SMILES string of the molecule is CO[C@@]1(c2cc(OC3COC3)cc(Cl)n2)CCOC1. The van der Waals surface area contributed by atoms with Crippen LogP contribution in [0.5, 0.6) is 5.75 Å². The summed E-state index contributed by atoms with van der Waals surface area (Å²) in [6.45, 7) is 2.39. The summed E-state index contributed by atoms with van der Waals surface area (Å²) in [5.41, 5.74) is 0.245. The lowest BCUT2D eigenvalue weighted by Gasteiger charge is -2.29. The van der Waals surface area contributed by atoms with Gasteiger partial charge in [-0.05, 0) is 0 Å². The summed E-state index contributed by atoms with van der Waals surface area (Å²) in [6.07, 6.45) is 0.868. The van der Waals surface area contributed by atoms with Gasteiger partial charge in [0.2, 0.25) is 0 Å². The standard InChI is InChI=1S/C13H16ClNO4/c1-16-13(2-3-17-8-13)11-4-9(5-12(14)15-11)19-10-6-18-7-10/h4-5,10H,2-3,6-8H2,1H3/t13-/m0/s1. The molecule has 3 rings (SSSR count). The van der Waals surface area contributed by atoms with Gasteiger partial charge in [-0.25, -0.2) is 4.98 Å². The summed E-state index contributed by atoms with van der Waals surface area (Å²) in [7, 11) is 1.66. The molecule has 6 heteroatoms. The van der Waals surface area contributed by atoms with Crippen LogP contribution in [-0.4, -0.2) is 44.6 Å². The Hall–Kier alpha value is -0.880. The topological polar surface area (TPSA) is 49.8 Å². The molecule has 0 unspecified atom stereocenters. The van der Waals surface area contributed by atoms with Gasteiger partial charge >= 0.3 is 0 Å². The van der Waals surface area contributed by atoms with Crippen LogP contribution in [0.2, 0.25) is 5.15 Å². The van der Waals surface area contributed by atoms with Gasteiger partial charge in [-0.1, -0.05) is 11.6 Å². The lowest BCUT2D eigenvalue weighted by atomic mass is 9.98. The molecule has 1 aromatic heterocycles. The molecular formula is C13H16ClNO4. The van der Waals surface area contributed by atoms with Crippen LogP contribution < -0.4 is 4.74 Å². The minimum absolute atomic E-state index is 0.102. The van der Waals surface area contributed by atoms with Crippen molar-refractivity contribution in [2.75, 3.05) is 33.5 Å². The third kappa shape index (κ3) is 2.56. The van der Waals surface area contributed by atoms with Gasteiger partial charge in [0.25, 0.3) is 0 Å². The highest BCUT2D eigenvalue weighted by atomic mass is 35.5. The average Bonchev–Trinajstić information content (AvgIpc) is 2.83. The first kappa shape index (κ1) is 13.1. The largest absolute Gasteiger partial charge is 0.485 e. The van der Waals surface area contributed by atoms with Crippen LogP contribution in [0.15, 0.2) is 12.1 Å². The van der Waals surface area contributed by atoms with E-state index in [9.17, 15) is 0 Å². The molecular weight excluding hydrogens is 270 g/mol. The molecule has 0 aromatic carbocycles. The van der Waals surface area contributed by atoms with Crippen molar-refractivity contribution < 1.29 is 18.9 Å². The summed E-state index contributed by atoms with van der Waals surface area (Å²) in [5, 5.41) is 0.399. The molecule has 104 valence electrons. The van der Waals surface area contributed by atoms with Gasteiger partial charge in [0.1, 0.15) is 22.6 Å². The highest BCUT2D eigenvalue weighted by molar-refractivity contribution is 6.29. The lowest BCUT2D eigenvalue weighted by molar-refractivity contribution is -0.0800. The molecule has 0 saturated carbocycles. The molecule has 19 heavy (non-hydrogen) atoms. The maximum atomic E-state index is 6.07. The van der Waals surface area contributed by atoms with E-state index in [1.807, 2.05) is 6.07 Å². The Labute approximate surface area is 116 Å². The molecule has 0 N–H and O–H groups in total. The molecule has 2 fully saturated rings. The normalized spacial score (nSPS) is 27.3. The first-order valence-corrected chi connectivity index (χ1v) is 6.65. The fourth-order valence-electron chi connectivity index (χ4n) is 2.26. The maximum absolute atomic E-state index is 6.07. The predicted molar refractivity (Wildman–Crippen MR) is 68.6 cm³/mol. The Morgan fingerprint density at radius 1 is 1.37 bits per heavy atom. The Balaban J connectivity index is 1.87. The number of pyridine rings is 1. The molecule has 3 heterocycles. The van der Waals surface area contributed by atoms with Crippen molar-refractivity contribution in [3.8, 4) is 5.75 Å². The van der Waals surface area contributed by atoms with Gasteiger partial charge in [-0.2, -0.15) is 0 Å². The Morgan fingerprint density at radius 2 is 2.21 bits per heavy atom. The fourth-order valence-corrected chi connectivity index (χ4v) is 2.46. The summed E-state index contributed by atoms with van der Waals surface area (Å²) in [5.74, 6) is 0.701. The number of hydrogen-bond donors (Lipinski definition) is 0. The molecule has 0 bridgehead atoms. The molecule has 0 amide bonds. The summed E-state index contributed by atoms with van der Waals surface area (Å²) >= 11 is 6.07. The van der Waals surface area contributed by atoms with Crippen molar-refractivity contribution >= 4 is 11.6 Å². The van der Waals surface area contributed by atoms with E-state index < -0.39 is 5.60 Å². The zero-order valence-corrected chi connectivity index (χ0v) is 11.5. The van der Waals surface area contributed by atoms with Crippen molar-refractivity contribution in [2.45, 2.75) is 18.1 Å². The van der Waals surface area contributed by atoms with E-state index in [2.05, 4.69) is 4.98 Å². The highest BCUT2D eigenvalue weighted by Gasteiger charge is 2.39. The van der Waals surface area contributed by atoms with Gasteiger partial charge in [-0.3, -0.25) is 0 Å². The number of ether oxygens (including phenoxy) is 4. The second-order valence-electron chi connectivity index (χ2n) is 4.79. The quantitative estimate of drug-likeness (QED) is 0.789. The van der Waals surface area contributed by atoms with E-state index in [0.29, 0.717) is 37.3 Å². The molecule has 0 radical (unpaired) electrons. The van der Waals surface area contributed by atoms with E-state index in [1.54, 1.807) is 13.2 Å². The number of halogens is 1. The zero-order valence-electron chi connectivity index (χ0n) is 10.7. The number of aromatic nitrogens is 1. The van der Waals surface area contributed by atoms with Crippen LogP contribution in [0.25, 0.3) is 0 Å². The highest BCUT2D eigenvalue weighted by Crippen LogP contribution is 2.35. The van der Waals surface area contributed by atoms with E-state index in [0.717, 1.165) is 12.1 Å². The van der Waals surface area contributed by atoms with E-state index in [-0.39, 0.29) is 6.10 Å². The van der Waals surface area contributed by atoms with Gasteiger partial charge in [0.15, 0.2) is 0 Å². The van der Waals surface area contributed by atoms with Gasteiger partial charge < -0.3 is 18.9 Å². The molecule has 1 aromatic rings. The number of methoxy groups -OCH3 is 1. The maximum Gasteiger partial charge on any atom is 0.145 e. The minimum atomic E-state index is -0.515. The summed E-state index contributed by atoms with van der Waals surface area (Å²) < 4.78 is 21.9. The molecule has 2 aliphatic rings. The monoisotopic (exact) mass is 285 g/mol. The number of hydrogen-bond acceptors (Lipinski definition) is 5. The molecule has 5 nitrogen and oxygen atoms in total. The fraction of sp³-hybridized carbons (Fsp3) is 0.615. The van der Waals surface area contributed by atoms with Crippen molar-refractivity contribution in [1.29, 1.82) is 0 Å². The van der Waals surface area contributed by atoms with Crippen molar-refractivity contribution in [3.05, 3.63) is 23.0 Å². The van der Waals surface area contributed by atoms with Crippen LogP contribution in [-0.2, 0) is 19.8 Å². The predicted octanol–water partition coefficient (Wildman–Crippen LogP) is 1.77. The van der Waals surface area contributed by atoms with Crippen molar-refractivity contribution in [2.24, 2.45) is 0 Å². The van der Waals surface area contributed by atoms with E-state index in [4.69, 9.17) is 30.5 Å². The van der Waals surface area contributed by atoms with Crippen molar-refractivity contribution in [1.82, 2.24) is 4.98 Å². The second kappa shape index (κ2) is 5.25. The first-order chi connectivity index (χ1) is 9.22. The molecule has 0 spiro atoms. The third-order valence-electron chi connectivity index (χ3n) is 3.52. The zero-order chi connectivity index (χ0) is 13.3. The van der Waals surface area contributed by atoms with Gasteiger partial charge in [-0.15, -0.1) is 0 Å². The van der Waals surface area contributed by atoms with Gasteiger partial charge in [0.05, 0.1) is 25.5 Å². The van der Waals surface area contributed by atoms with Crippen LogP contribution in [0.4, 0.5) is 0 Å². The first-order valence-electron chi connectivity index (χ1n) is 6.27. The van der Waals surface area contributed by atoms with Crippen LogP contribution in [0.3, 0.4) is 0 Å². The smallest absolute Gasteiger partial charge is 0.145 e. The van der Waals surface area contributed by atoms with E-state index >= 15 is 0 Å². The third-order valence-corrected chi connectivity index (χ3v) is 3.71. The Morgan fingerprint density at radius 3 is 2.79 bits per heavy atom. The number of nitrogens with zero attached hydrogens (tertiary/aromatic N) is 1. The van der Waals surface area contributed by atoms with Crippen LogP contribution >= 0.6 is 11.6 Å². The van der Waals surface area contributed by atoms with E-state index in [1.165, 1.54) is 0 Å². The van der Waals surface area contributed by atoms with Gasteiger partial charge in [0, 0.05) is 32.3 Å². The van der Waals surface area contributed by atoms with Crippen LogP contribution in [0, 0.1) is 0 Å². The lowest BCUT2D eigenvalue weighted by Crippen LogP contribution is -2.38. The number of rotatable bonds is 4. The average molecular weight is 286 g/mol. The van der Waals surface area contributed by atoms with Crippen LogP contribution in [0.1, 0.15) is 12.1 Å². The molecule has 2 aliphatic heterocycles. The Kier molecular flexibility index (Phi) is 3.62. The summed E-state index contributed by atoms with van der Waals surface area (Å²) in [4.78, 5) is 4.36. The summed E-state index contributed by atoms with van der Waals surface area (Å²) in [6, 6.07) is 3.59. The molecule has 2 saturated heterocycles.